The number of aromatic nitrogens is 1. The molecule has 1 amide bonds. The Balaban J connectivity index is 2.37. The van der Waals surface area contributed by atoms with E-state index in [0.29, 0.717) is 12.3 Å². The average molecular weight is 246 g/mol. The van der Waals surface area contributed by atoms with Gasteiger partial charge in [0.2, 0.25) is 0 Å². The summed E-state index contributed by atoms with van der Waals surface area (Å²) in [4.78, 5) is 15.0. The van der Waals surface area contributed by atoms with Gasteiger partial charge in [0.1, 0.15) is 11.4 Å². The van der Waals surface area contributed by atoms with Crippen molar-refractivity contribution in [2.75, 3.05) is 6.61 Å². The van der Waals surface area contributed by atoms with Crippen molar-refractivity contribution < 1.29 is 9.53 Å². The number of H-pyrrole nitrogens is 1. The molecule has 1 aromatic heterocycles. The largest absolute Gasteiger partial charge is 0.493 e. The molecule has 0 aliphatic rings. The van der Waals surface area contributed by atoms with Gasteiger partial charge in [-0.25, -0.2) is 0 Å². The van der Waals surface area contributed by atoms with Crippen molar-refractivity contribution in [3.05, 3.63) is 30.0 Å². The first-order chi connectivity index (χ1) is 8.61. The van der Waals surface area contributed by atoms with E-state index in [4.69, 9.17) is 4.74 Å². The van der Waals surface area contributed by atoms with Gasteiger partial charge in [-0.3, -0.25) is 4.79 Å². The molecule has 0 spiro atoms. The summed E-state index contributed by atoms with van der Waals surface area (Å²) in [6.07, 6.45) is 0. The van der Waals surface area contributed by atoms with Gasteiger partial charge in [-0.05, 0) is 39.0 Å². The minimum atomic E-state index is -0.0938. The fourth-order valence-corrected chi connectivity index (χ4v) is 1.87. The average Bonchev–Trinajstić information content (AvgIpc) is 2.73. The number of aromatic amines is 1. The van der Waals surface area contributed by atoms with Crippen LogP contribution >= 0.6 is 0 Å². The highest BCUT2D eigenvalue weighted by Gasteiger charge is 2.12. The summed E-state index contributed by atoms with van der Waals surface area (Å²) in [6.45, 7) is 6.42. The maximum Gasteiger partial charge on any atom is 0.267 e. The number of carbonyl (C=O) groups excluding carboxylic acids is 1. The topological polar surface area (TPSA) is 54.1 Å². The van der Waals surface area contributed by atoms with Crippen LogP contribution in [-0.2, 0) is 0 Å². The van der Waals surface area contributed by atoms with Crippen LogP contribution in [0.2, 0.25) is 0 Å². The molecule has 0 unspecified atom stereocenters. The minimum Gasteiger partial charge on any atom is -0.493 e. The summed E-state index contributed by atoms with van der Waals surface area (Å²) in [6, 6.07) is 7.70. The van der Waals surface area contributed by atoms with E-state index in [0.717, 1.165) is 16.7 Å². The third-order valence-electron chi connectivity index (χ3n) is 2.59. The molecule has 0 fully saturated rings. The maximum absolute atomic E-state index is 11.9. The van der Waals surface area contributed by atoms with Crippen LogP contribution in [0, 0.1) is 0 Å². The number of amides is 1. The number of hydrogen-bond acceptors (Lipinski definition) is 2. The summed E-state index contributed by atoms with van der Waals surface area (Å²) >= 11 is 0. The summed E-state index contributed by atoms with van der Waals surface area (Å²) in [7, 11) is 0. The number of benzene rings is 1. The standard InChI is InChI=1S/C14H18N2O2/c1-4-18-13-7-5-6-11-10(13)8-12(16-11)14(17)15-9(2)3/h5-9,16H,4H2,1-3H3,(H,15,17). The zero-order chi connectivity index (χ0) is 13.1. The molecule has 0 saturated heterocycles. The molecular weight excluding hydrogens is 228 g/mol. The lowest BCUT2D eigenvalue weighted by atomic mass is 10.2. The fraction of sp³-hybridized carbons (Fsp3) is 0.357. The Hall–Kier alpha value is -1.97. The van der Waals surface area contributed by atoms with Crippen molar-refractivity contribution in [1.29, 1.82) is 0 Å². The third kappa shape index (κ3) is 2.47. The Kier molecular flexibility index (Phi) is 3.55. The predicted octanol–water partition coefficient (Wildman–Crippen LogP) is 2.70. The van der Waals surface area contributed by atoms with Gasteiger partial charge in [-0.1, -0.05) is 6.07 Å². The lowest BCUT2D eigenvalue weighted by Crippen LogP contribution is -2.30. The van der Waals surface area contributed by atoms with E-state index >= 15 is 0 Å². The molecule has 2 aromatic rings. The van der Waals surface area contributed by atoms with Gasteiger partial charge in [0, 0.05) is 16.9 Å². The quantitative estimate of drug-likeness (QED) is 0.871. The van der Waals surface area contributed by atoms with Crippen LogP contribution < -0.4 is 10.1 Å². The SMILES string of the molecule is CCOc1cccc2[nH]c(C(=O)NC(C)C)cc12. The van der Waals surface area contributed by atoms with Gasteiger partial charge >= 0.3 is 0 Å². The number of rotatable bonds is 4. The summed E-state index contributed by atoms with van der Waals surface area (Å²) in [5.74, 6) is 0.707. The lowest BCUT2D eigenvalue weighted by molar-refractivity contribution is 0.0939. The molecular formula is C14H18N2O2. The van der Waals surface area contributed by atoms with Crippen molar-refractivity contribution in [1.82, 2.24) is 10.3 Å². The zero-order valence-electron chi connectivity index (χ0n) is 10.9. The second-order valence-corrected chi connectivity index (χ2v) is 4.46. The van der Waals surface area contributed by atoms with Crippen molar-refractivity contribution in [3.63, 3.8) is 0 Å². The first-order valence-electron chi connectivity index (χ1n) is 6.17. The van der Waals surface area contributed by atoms with Gasteiger partial charge in [0.05, 0.1) is 6.61 Å². The third-order valence-corrected chi connectivity index (χ3v) is 2.59. The summed E-state index contributed by atoms with van der Waals surface area (Å²) < 4.78 is 5.54. The van der Waals surface area contributed by atoms with E-state index in [1.54, 1.807) is 0 Å². The Morgan fingerprint density at radius 1 is 1.44 bits per heavy atom. The smallest absolute Gasteiger partial charge is 0.267 e. The number of carbonyl (C=O) groups is 1. The Bertz CT molecular complexity index is 558. The molecule has 1 heterocycles. The number of nitrogens with one attached hydrogen (secondary N) is 2. The van der Waals surface area contributed by atoms with Crippen molar-refractivity contribution in [2.24, 2.45) is 0 Å². The molecule has 0 saturated carbocycles. The fourth-order valence-electron chi connectivity index (χ4n) is 1.87. The highest BCUT2D eigenvalue weighted by Crippen LogP contribution is 2.26. The highest BCUT2D eigenvalue weighted by molar-refractivity contribution is 5.99. The molecule has 96 valence electrons. The van der Waals surface area contributed by atoms with Crippen LogP contribution in [0.25, 0.3) is 10.9 Å². The minimum absolute atomic E-state index is 0.0938. The lowest BCUT2D eigenvalue weighted by Gasteiger charge is -2.05. The van der Waals surface area contributed by atoms with Crippen LogP contribution in [0.4, 0.5) is 0 Å². The molecule has 0 aliphatic heterocycles. The monoisotopic (exact) mass is 246 g/mol. The van der Waals surface area contributed by atoms with Gasteiger partial charge in [-0.2, -0.15) is 0 Å². The normalized spacial score (nSPS) is 10.9. The Morgan fingerprint density at radius 3 is 2.89 bits per heavy atom. The van der Waals surface area contributed by atoms with Gasteiger partial charge in [-0.15, -0.1) is 0 Å². The van der Waals surface area contributed by atoms with Crippen molar-refractivity contribution >= 4 is 16.8 Å². The van der Waals surface area contributed by atoms with Crippen LogP contribution in [0.5, 0.6) is 5.75 Å². The van der Waals surface area contributed by atoms with E-state index in [2.05, 4.69) is 10.3 Å². The molecule has 4 nitrogen and oxygen atoms in total. The van der Waals surface area contributed by atoms with Gasteiger partial charge < -0.3 is 15.0 Å². The molecule has 1 aromatic carbocycles. The van der Waals surface area contributed by atoms with Gasteiger partial charge in [0.25, 0.3) is 5.91 Å². The first kappa shape index (κ1) is 12.5. The predicted molar refractivity (Wildman–Crippen MR) is 72.1 cm³/mol. The number of ether oxygens (including phenoxy) is 1. The number of hydrogen-bond donors (Lipinski definition) is 2. The number of fused-ring (bicyclic) bond motifs is 1. The van der Waals surface area contributed by atoms with Crippen LogP contribution in [0.15, 0.2) is 24.3 Å². The van der Waals surface area contributed by atoms with Crippen molar-refractivity contribution in [2.45, 2.75) is 26.8 Å². The second kappa shape index (κ2) is 5.12. The van der Waals surface area contributed by atoms with E-state index in [1.807, 2.05) is 45.0 Å². The van der Waals surface area contributed by atoms with Crippen LogP contribution in [0.1, 0.15) is 31.3 Å². The molecule has 0 aliphatic carbocycles. The summed E-state index contributed by atoms with van der Waals surface area (Å²) in [5, 5.41) is 3.80. The molecule has 18 heavy (non-hydrogen) atoms. The van der Waals surface area contributed by atoms with Gasteiger partial charge in [0.15, 0.2) is 0 Å². The maximum atomic E-state index is 11.9. The summed E-state index contributed by atoms with van der Waals surface area (Å²) in [5.41, 5.74) is 1.47. The van der Waals surface area contributed by atoms with E-state index < -0.39 is 0 Å². The van der Waals surface area contributed by atoms with E-state index in [-0.39, 0.29) is 11.9 Å². The van der Waals surface area contributed by atoms with Crippen LogP contribution in [0.3, 0.4) is 0 Å². The molecule has 0 bridgehead atoms. The molecule has 4 heteroatoms. The molecule has 0 atom stereocenters. The second-order valence-electron chi connectivity index (χ2n) is 4.46. The Labute approximate surface area is 106 Å². The zero-order valence-corrected chi connectivity index (χ0v) is 10.9. The van der Waals surface area contributed by atoms with E-state index in [9.17, 15) is 4.79 Å². The molecule has 2 rings (SSSR count). The Morgan fingerprint density at radius 2 is 2.22 bits per heavy atom. The highest BCUT2D eigenvalue weighted by atomic mass is 16.5. The molecule has 2 N–H and O–H groups in total. The first-order valence-corrected chi connectivity index (χ1v) is 6.17. The van der Waals surface area contributed by atoms with E-state index in [1.165, 1.54) is 0 Å². The van der Waals surface area contributed by atoms with Crippen LogP contribution in [-0.4, -0.2) is 23.5 Å². The molecule has 0 radical (unpaired) electrons. The van der Waals surface area contributed by atoms with Crippen molar-refractivity contribution in [3.8, 4) is 5.75 Å².